The molecule has 0 saturated carbocycles. The zero-order chi connectivity index (χ0) is 11.3. The molecule has 0 spiro atoms. The molecule has 0 aliphatic carbocycles. The van der Waals surface area contributed by atoms with Crippen LogP contribution in [0.4, 0.5) is 0 Å². The molecule has 0 aliphatic rings. The highest BCUT2D eigenvalue weighted by Crippen LogP contribution is 2.14. The van der Waals surface area contributed by atoms with Crippen molar-refractivity contribution in [3.63, 3.8) is 0 Å². The van der Waals surface area contributed by atoms with E-state index in [9.17, 15) is 5.11 Å². The Labute approximate surface area is 89.1 Å². The summed E-state index contributed by atoms with van der Waals surface area (Å²) in [4.78, 5) is 7.80. The van der Waals surface area contributed by atoms with Gasteiger partial charge in [-0.1, -0.05) is 0 Å². The molecule has 0 radical (unpaired) electrons. The maximum Gasteiger partial charge on any atom is 0.220 e. The van der Waals surface area contributed by atoms with Crippen molar-refractivity contribution in [3.8, 4) is 11.8 Å². The van der Waals surface area contributed by atoms with Crippen molar-refractivity contribution in [2.75, 3.05) is 13.2 Å². The molecule has 5 nitrogen and oxygen atoms in total. The Morgan fingerprint density at radius 1 is 1.27 bits per heavy atom. The number of hydrogen-bond donors (Lipinski definition) is 1. The minimum Gasteiger partial charge on any atom is -0.478 e. The van der Waals surface area contributed by atoms with Crippen LogP contribution in [0.3, 0.4) is 0 Å². The highest BCUT2D eigenvalue weighted by molar-refractivity contribution is 5.18. The zero-order valence-electron chi connectivity index (χ0n) is 9.23. The van der Waals surface area contributed by atoms with Gasteiger partial charge in [-0.15, -0.1) is 0 Å². The summed E-state index contributed by atoms with van der Waals surface area (Å²) in [6, 6.07) is 1.59. The molecule has 0 aliphatic heterocycles. The van der Waals surface area contributed by atoms with Gasteiger partial charge in [-0.25, -0.2) is 9.97 Å². The number of hydrogen-bond acceptors (Lipinski definition) is 5. The van der Waals surface area contributed by atoms with E-state index >= 15 is 0 Å². The fraction of sp³-hybridized carbons (Fsp3) is 0.600. The van der Waals surface area contributed by atoms with Crippen LogP contribution in [0.5, 0.6) is 11.8 Å². The third-order valence-corrected chi connectivity index (χ3v) is 1.48. The first-order valence-corrected chi connectivity index (χ1v) is 4.81. The van der Waals surface area contributed by atoms with Crippen molar-refractivity contribution in [2.24, 2.45) is 0 Å². The van der Waals surface area contributed by atoms with E-state index in [2.05, 4.69) is 9.97 Å². The maximum absolute atomic E-state index is 9.45. The quantitative estimate of drug-likeness (QED) is 0.789. The predicted molar refractivity (Wildman–Crippen MR) is 55.0 cm³/mol. The van der Waals surface area contributed by atoms with Crippen LogP contribution < -0.4 is 9.47 Å². The van der Waals surface area contributed by atoms with Gasteiger partial charge in [0.25, 0.3) is 0 Å². The Kier molecular flexibility index (Phi) is 3.85. The van der Waals surface area contributed by atoms with Crippen LogP contribution >= 0.6 is 0 Å². The summed E-state index contributed by atoms with van der Waals surface area (Å²) in [5.41, 5.74) is -0.878. The van der Waals surface area contributed by atoms with Crippen molar-refractivity contribution in [3.05, 3.63) is 12.4 Å². The smallest absolute Gasteiger partial charge is 0.220 e. The fourth-order valence-corrected chi connectivity index (χ4v) is 0.879. The average molecular weight is 212 g/mol. The lowest BCUT2D eigenvalue weighted by Crippen LogP contribution is -2.28. The van der Waals surface area contributed by atoms with Gasteiger partial charge in [-0.3, -0.25) is 0 Å². The number of ether oxygens (including phenoxy) is 2. The van der Waals surface area contributed by atoms with E-state index in [1.54, 1.807) is 19.9 Å². The molecule has 0 aromatic carbocycles. The first-order valence-electron chi connectivity index (χ1n) is 4.81. The average Bonchev–Trinajstić information content (AvgIpc) is 2.15. The van der Waals surface area contributed by atoms with Crippen LogP contribution in [0.1, 0.15) is 20.8 Å². The summed E-state index contributed by atoms with van der Waals surface area (Å²) >= 11 is 0. The van der Waals surface area contributed by atoms with Crippen molar-refractivity contribution < 1.29 is 14.6 Å². The van der Waals surface area contributed by atoms with Gasteiger partial charge in [0.05, 0.1) is 18.3 Å². The van der Waals surface area contributed by atoms with Gasteiger partial charge in [0.15, 0.2) is 0 Å². The summed E-state index contributed by atoms with van der Waals surface area (Å²) in [6.07, 6.45) is 1.37. The molecule has 0 amide bonds. The lowest BCUT2D eigenvalue weighted by atomic mass is 10.2. The van der Waals surface area contributed by atoms with Crippen molar-refractivity contribution >= 4 is 0 Å². The van der Waals surface area contributed by atoms with Gasteiger partial charge in [0.2, 0.25) is 11.8 Å². The number of aromatic nitrogens is 2. The summed E-state index contributed by atoms with van der Waals surface area (Å²) in [7, 11) is 0. The molecule has 0 fully saturated rings. The Balaban J connectivity index is 2.57. The first kappa shape index (κ1) is 11.7. The Morgan fingerprint density at radius 3 is 2.40 bits per heavy atom. The standard InChI is InChI=1S/C10H16N2O3/c1-4-14-8-5-9(12-7-11-8)15-6-10(2,3)13/h5,7,13H,4,6H2,1-3H3. The molecule has 84 valence electrons. The molecule has 1 heterocycles. The lowest BCUT2D eigenvalue weighted by Gasteiger charge is -2.17. The van der Waals surface area contributed by atoms with Gasteiger partial charge >= 0.3 is 0 Å². The van der Waals surface area contributed by atoms with Crippen molar-refractivity contribution in [1.29, 1.82) is 0 Å². The fourth-order valence-electron chi connectivity index (χ4n) is 0.879. The minimum atomic E-state index is -0.878. The maximum atomic E-state index is 9.45. The van der Waals surface area contributed by atoms with E-state index in [-0.39, 0.29) is 6.61 Å². The molecule has 1 aromatic heterocycles. The molecule has 0 unspecified atom stereocenters. The van der Waals surface area contributed by atoms with E-state index in [0.29, 0.717) is 18.4 Å². The molecule has 5 heteroatoms. The Hall–Kier alpha value is -1.36. The topological polar surface area (TPSA) is 64.5 Å². The Bertz CT molecular complexity index is 310. The number of rotatable bonds is 5. The molecule has 0 saturated heterocycles. The summed E-state index contributed by atoms with van der Waals surface area (Å²) in [6.45, 7) is 5.92. The molecule has 1 rings (SSSR count). The molecule has 1 aromatic rings. The van der Waals surface area contributed by atoms with E-state index in [1.165, 1.54) is 6.33 Å². The van der Waals surface area contributed by atoms with Crippen LogP contribution in [0.15, 0.2) is 12.4 Å². The van der Waals surface area contributed by atoms with Crippen LogP contribution in [-0.4, -0.2) is 33.9 Å². The third kappa shape index (κ3) is 4.60. The van der Waals surface area contributed by atoms with Crippen LogP contribution in [0, 0.1) is 0 Å². The van der Waals surface area contributed by atoms with Gasteiger partial charge in [-0.2, -0.15) is 0 Å². The second-order valence-corrected chi connectivity index (χ2v) is 3.73. The van der Waals surface area contributed by atoms with Crippen LogP contribution in [0.2, 0.25) is 0 Å². The predicted octanol–water partition coefficient (Wildman–Crippen LogP) is 1.02. The second kappa shape index (κ2) is 4.93. The normalized spacial score (nSPS) is 11.2. The summed E-state index contributed by atoms with van der Waals surface area (Å²) in [5.74, 6) is 0.869. The molecular formula is C10H16N2O3. The van der Waals surface area contributed by atoms with E-state index in [1.807, 2.05) is 6.92 Å². The van der Waals surface area contributed by atoms with E-state index < -0.39 is 5.60 Å². The summed E-state index contributed by atoms with van der Waals surface area (Å²) < 4.78 is 10.5. The van der Waals surface area contributed by atoms with Gasteiger partial charge < -0.3 is 14.6 Å². The minimum absolute atomic E-state index is 0.176. The van der Waals surface area contributed by atoms with Crippen LogP contribution in [0.25, 0.3) is 0 Å². The van der Waals surface area contributed by atoms with Gasteiger partial charge in [0.1, 0.15) is 12.9 Å². The molecule has 0 atom stereocenters. The number of aliphatic hydroxyl groups is 1. The Morgan fingerprint density at radius 2 is 1.87 bits per heavy atom. The largest absolute Gasteiger partial charge is 0.478 e. The third-order valence-electron chi connectivity index (χ3n) is 1.48. The van der Waals surface area contributed by atoms with Gasteiger partial charge in [0, 0.05) is 0 Å². The van der Waals surface area contributed by atoms with Crippen molar-refractivity contribution in [2.45, 2.75) is 26.4 Å². The van der Waals surface area contributed by atoms with Crippen LogP contribution in [-0.2, 0) is 0 Å². The lowest BCUT2D eigenvalue weighted by molar-refractivity contribution is 0.0266. The zero-order valence-corrected chi connectivity index (χ0v) is 9.23. The second-order valence-electron chi connectivity index (χ2n) is 3.73. The van der Waals surface area contributed by atoms with Gasteiger partial charge in [-0.05, 0) is 20.8 Å². The SMILES string of the molecule is CCOc1cc(OCC(C)(C)O)ncn1. The summed E-state index contributed by atoms with van der Waals surface area (Å²) in [5, 5.41) is 9.45. The van der Waals surface area contributed by atoms with Crippen molar-refractivity contribution in [1.82, 2.24) is 9.97 Å². The highest BCUT2D eigenvalue weighted by Gasteiger charge is 2.13. The highest BCUT2D eigenvalue weighted by atomic mass is 16.5. The molecule has 15 heavy (non-hydrogen) atoms. The van der Waals surface area contributed by atoms with E-state index in [0.717, 1.165) is 0 Å². The molecular weight excluding hydrogens is 196 g/mol. The monoisotopic (exact) mass is 212 g/mol. The number of nitrogens with zero attached hydrogens (tertiary/aromatic N) is 2. The molecule has 1 N–H and O–H groups in total. The van der Waals surface area contributed by atoms with E-state index in [4.69, 9.17) is 9.47 Å². The molecule has 0 bridgehead atoms. The first-order chi connectivity index (χ1) is 7.01.